The minimum absolute atomic E-state index is 0.0184. The number of nitrogens with zero attached hydrogens (tertiary/aromatic N) is 2. The van der Waals surface area contributed by atoms with Crippen LogP contribution >= 0.6 is 11.3 Å². The Kier molecular flexibility index (Phi) is 7.84. The van der Waals surface area contributed by atoms with E-state index < -0.39 is 0 Å². The molecule has 0 spiro atoms. The van der Waals surface area contributed by atoms with E-state index in [0.29, 0.717) is 0 Å². The second kappa shape index (κ2) is 11.4. The number of halogens is 2. The van der Waals surface area contributed by atoms with Crippen molar-refractivity contribution in [1.29, 1.82) is 0 Å². The quantitative estimate of drug-likeness (QED) is 0.261. The fourth-order valence-corrected chi connectivity index (χ4v) is 5.58. The van der Waals surface area contributed by atoms with Gasteiger partial charge in [0, 0.05) is 37.4 Å². The van der Waals surface area contributed by atoms with E-state index in [4.69, 9.17) is 4.74 Å². The van der Waals surface area contributed by atoms with E-state index in [1.54, 1.807) is 11.3 Å². The molecule has 1 saturated heterocycles. The van der Waals surface area contributed by atoms with Crippen molar-refractivity contribution in [3.8, 4) is 0 Å². The van der Waals surface area contributed by atoms with Gasteiger partial charge in [-0.15, -0.1) is 11.3 Å². The number of fused-ring (bicyclic) bond motifs is 1. The van der Waals surface area contributed by atoms with Gasteiger partial charge in [0.05, 0.1) is 19.3 Å². The first kappa shape index (κ1) is 24.1. The fourth-order valence-electron chi connectivity index (χ4n) is 4.81. The van der Waals surface area contributed by atoms with Crippen LogP contribution in [-0.2, 0) is 11.2 Å². The minimum atomic E-state index is -0.247. The molecule has 0 atom stereocenters. The van der Waals surface area contributed by atoms with Gasteiger partial charge < -0.3 is 4.74 Å². The first-order valence-corrected chi connectivity index (χ1v) is 13.0. The van der Waals surface area contributed by atoms with Gasteiger partial charge in [-0.2, -0.15) is 0 Å². The molecule has 0 aliphatic carbocycles. The third-order valence-corrected chi connectivity index (χ3v) is 7.65. The molecule has 1 fully saturated rings. The van der Waals surface area contributed by atoms with Crippen LogP contribution in [0, 0.1) is 11.6 Å². The van der Waals surface area contributed by atoms with Gasteiger partial charge in [0.2, 0.25) is 0 Å². The third kappa shape index (κ3) is 6.14. The Hall–Kier alpha value is -2.64. The lowest BCUT2D eigenvalue weighted by molar-refractivity contribution is 0.0677. The molecule has 3 aromatic carbocycles. The molecule has 182 valence electrons. The van der Waals surface area contributed by atoms with Crippen LogP contribution in [0.5, 0.6) is 0 Å². The van der Waals surface area contributed by atoms with Gasteiger partial charge in [0.15, 0.2) is 0 Å². The summed E-state index contributed by atoms with van der Waals surface area (Å²) in [5.74, 6) is -0.494. The molecule has 35 heavy (non-hydrogen) atoms. The number of thiophene rings is 1. The molecule has 1 aromatic heterocycles. The molecule has 0 unspecified atom stereocenters. The number of ether oxygens (including phenoxy) is 1. The lowest BCUT2D eigenvalue weighted by Gasteiger charge is -2.39. The molecular formula is C29H30F2N2OS. The summed E-state index contributed by atoms with van der Waals surface area (Å²) in [4.78, 5) is 4.83. The maximum absolute atomic E-state index is 13.5. The number of benzene rings is 3. The monoisotopic (exact) mass is 492 g/mol. The Morgan fingerprint density at radius 1 is 0.771 bits per heavy atom. The van der Waals surface area contributed by atoms with Crippen molar-refractivity contribution < 1.29 is 13.5 Å². The number of hydrogen-bond acceptors (Lipinski definition) is 4. The van der Waals surface area contributed by atoms with Gasteiger partial charge in [0.25, 0.3) is 0 Å². The van der Waals surface area contributed by atoms with Gasteiger partial charge in [0.1, 0.15) is 11.6 Å². The Balaban J connectivity index is 1.11. The van der Waals surface area contributed by atoms with Crippen molar-refractivity contribution in [1.82, 2.24) is 9.80 Å². The zero-order valence-corrected chi connectivity index (χ0v) is 20.5. The lowest BCUT2D eigenvalue weighted by Crippen LogP contribution is -2.48. The van der Waals surface area contributed by atoms with Crippen molar-refractivity contribution in [2.45, 2.75) is 12.5 Å². The second-order valence-electron chi connectivity index (χ2n) is 9.04. The minimum Gasteiger partial charge on any atom is -0.380 e. The summed E-state index contributed by atoms with van der Waals surface area (Å²) in [5.41, 5.74) is 3.36. The number of piperazine rings is 1. The largest absolute Gasteiger partial charge is 0.380 e. The van der Waals surface area contributed by atoms with E-state index in [0.717, 1.165) is 63.5 Å². The molecule has 3 nitrogen and oxygen atoms in total. The molecule has 0 bridgehead atoms. The highest BCUT2D eigenvalue weighted by atomic mass is 32.1. The molecule has 2 heterocycles. The summed E-state index contributed by atoms with van der Waals surface area (Å²) in [5, 5.41) is 3.44. The van der Waals surface area contributed by atoms with E-state index in [9.17, 15) is 8.78 Å². The zero-order valence-electron chi connectivity index (χ0n) is 19.7. The van der Waals surface area contributed by atoms with E-state index in [-0.39, 0.29) is 17.7 Å². The van der Waals surface area contributed by atoms with Crippen LogP contribution in [-0.4, -0.2) is 55.7 Å². The van der Waals surface area contributed by atoms with Gasteiger partial charge in [-0.25, -0.2) is 8.78 Å². The van der Waals surface area contributed by atoms with Crippen LogP contribution in [0.3, 0.4) is 0 Å². The Morgan fingerprint density at radius 3 is 2.09 bits per heavy atom. The first-order chi connectivity index (χ1) is 17.2. The van der Waals surface area contributed by atoms with Crippen LogP contribution in [0.1, 0.15) is 22.7 Å². The standard InChI is InChI=1S/C29H30F2N2OS/c30-26-6-2-23(3-7-26)29(24-4-8-27(31)9-5-24)33-15-13-32(14-16-33)17-19-34-18-11-22-1-10-28-25(21-22)12-20-35-28/h1-10,12,20-21,29H,11,13-19H2. The Labute approximate surface area is 209 Å². The Morgan fingerprint density at radius 2 is 1.43 bits per heavy atom. The van der Waals surface area contributed by atoms with Crippen LogP contribution in [0.15, 0.2) is 78.2 Å². The zero-order chi connectivity index (χ0) is 24.0. The average molecular weight is 493 g/mol. The average Bonchev–Trinajstić information content (AvgIpc) is 3.35. The van der Waals surface area contributed by atoms with E-state index in [2.05, 4.69) is 39.4 Å². The molecule has 0 amide bonds. The second-order valence-corrected chi connectivity index (χ2v) is 9.99. The molecular weight excluding hydrogens is 462 g/mol. The highest BCUT2D eigenvalue weighted by Crippen LogP contribution is 2.30. The van der Waals surface area contributed by atoms with E-state index in [1.165, 1.54) is 39.9 Å². The van der Waals surface area contributed by atoms with Crippen LogP contribution < -0.4 is 0 Å². The Bertz CT molecular complexity index is 1170. The normalized spacial score (nSPS) is 15.3. The first-order valence-electron chi connectivity index (χ1n) is 12.2. The molecule has 6 heteroatoms. The predicted molar refractivity (Wildman–Crippen MR) is 139 cm³/mol. The van der Waals surface area contributed by atoms with Crippen molar-refractivity contribution >= 4 is 21.4 Å². The van der Waals surface area contributed by atoms with Crippen LogP contribution in [0.4, 0.5) is 8.78 Å². The number of rotatable bonds is 9. The van der Waals surface area contributed by atoms with Crippen LogP contribution in [0.2, 0.25) is 0 Å². The maximum atomic E-state index is 13.5. The van der Waals surface area contributed by atoms with Crippen molar-refractivity contribution in [2.24, 2.45) is 0 Å². The van der Waals surface area contributed by atoms with E-state index >= 15 is 0 Å². The molecule has 0 radical (unpaired) electrons. The summed E-state index contributed by atoms with van der Waals surface area (Å²) >= 11 is 1.77. The highest BCUT2D eigenvalue weighted by Gasteiger charge is 2.26. The number of hydrogen-bond donors (Lipinski definition) is 0. The highest BCUT2D eigenvalue weighted by molar-refractivity contribution is 7.17. The van der Waals surface area contributed by atoms with Gasteiger partial charge in [-0.05, 0) is 70.3 Å². The third-order valence-electron chi connectivity index (χ3n) is 6.75. The molecule has 1 aliphatic heterocycles. The van der Waals surface area contributed by atoms with Crippen molar-refractivity contribution in [3.05, 3.63) is 107 Å². The fraction of sp³-hybridized carbons (Fsp3) is 0.310. The summed E-state index contributed by atoms with van der Waals surface area (Å²) < 4.78 is 34.3. The molecule has 0 saturated carbocycles. The topological polar surface area (TPSA) is 15.7 Å². The molecule has 1 aliphatic rings. The predicted octanol–water partition coefficient (Wildman–Crippen LogP) is 6.15. The lowest BCUT2D eigenvalue weighted by atomic mass is 9.96. The van der Waals surface area contributed by atoms with Gasteiger partial charge in [-0.1, -0.05) is 36.4 Å². The van der Waals surface area contributed by atoms with Crippen molar-refractivity contribution in [2.75, 3.05) is 45.9 Å². The molecule has 5 rings (SSSR count). The molecule has 4 aromatic rings. The van der Waals surface area contributed by atoms with Gasteiger partial charge >= 0.3 is 0 Å². The smallest absolute Gasteiger partial charge is 0.123 e. The molecule has 0 N–H and O–H groups in total. The SMILES string of the molecule is Fc1ccc(C(c2ccc(F)cc2)N2CCN(CCOCCc3ccc4sccc4c3)CC2)cc1. The van der Waals surface area contributed by atoms with Gasteiger partial charge in [-0.3, -0.25) is 9.80 Å². The van der Waals surface area contributed by atoms with Crippen LogP contribution in [0.25, 0.3) is 10.1 Å². The summed E-state index contributed by atoms with van der Waals surface area (Å²) in [6, 6.07) is 22.1. The summed E-state index contributed by atoms with van der Waals surface area (Å²) in [6.07, 6.45) is 0.927. The van der Waals surface area contributed by atoms with E-state index in [1.807, 2.05) is 24.3 Å². The summed E-state index contributed by atoms with van der Waals surface area (Å²) in [6.45, 7) is 6.02. The van der Waals surface area contributed by atoms with Crippen molar-refractivity contribution in [3.63, 3.8) is 0 Å². The maximum Gasteiger partial charge on any atom is 0.123 e. The summed E-state index contributed by atoms with van der Waals surface area (Å²) in [7, 11) is 0.